The number of hydrogen-bond donors (Lipinski definition) is 1. The summed E-state index contributed by atoms with van der Waals surface area (Å²) in [7, 11) is 1.98. The van der Waals surface area contributed by atoms with E-state index in [1.165, 1.54) is 0 Å². The number of imidazole rings is 1. The van der Waals surface area contributed by atoms with Gasteiger partial charge in [-0.2, -0.15) is 0 Å². The lowest BCUT2D eigenvalue weighted by Gasteiger charge is -2.07. The summed E-state index contributed by atoms with van der Waals surface area (Å²) in [5, 5.41) is 9.39. The van der Waals surface area contributed by atoms with Crippen LogP contribution in [0.4, 0.5) is 0 Å². The molecule has 0 bridgehead atoms. The molecule has 1 N–H and O–H groups in total. The van der Waals surface area contributed by atoms with Gasteiger partial charge in [-0.3, -0.25) is 4.79 Å². The maximum Gasteiger partial charge on any atom is 0.303 e. The second-order valence-electron chi connectivity index (χ2n) is 7.93. The van der Waals surface area contributed by atoms with Gasteiger partial charge in [0.1, 0.15) is 11.6 Å². The number of nitrogens with zero attached hydrogens (tertiary/aromatic N) is 2. The van der Waals surface area contributed by atoms with Crippen LogP contribution in [0.15, 0.2) is 79.0 Å². The highest BCUT2D eigenvalue weighted by Crippen LogP contribution is 2.24. The third-order valence-corrected chi connectivity index (χ3v) is 5.63. The smallest absolute Gasteiger partial charge is 0.303 e. The molecule has 0 amide bonds. The van der Waals surface area contributed by atoms with Crippen molar-refractivity contribution < 1.29 is 14.6 Å². The lowest BCUT2D eigenvalue weighted by molar-refractivity contribution is -0.137. The largest absolute Gasteiger partial charge is 0.494 e. The number of benzene rings is 3. The van der Waals surface area contributed by atoms with Crippen LogP contribution in [0.5, 0.6) is 5.75 Å². The lowest BCUT2D eigenvalue weighted by Crippen LogP contribution is -2.01. The molecule has 0 fully saturated rings. The molecule has 0 radical (unpaired) electrons. The van der Waals surface area contributed by atoms with Gasteiger partial charge in [-0.1, -0.05) is 66.2 Å². The first-order valence-electron chi connectivity index (χ1n) is 11.0. The molecule has 4 rings (SSSR count). The highest BCUT2D eigenvalue weighted by molar-refractivity contribution is 6.30. The summed E-state index contributed by atoms with van der Waals surface area (Å²) in [5.41, 5.74) is 5.21. The number of rotatable bonds is 9. The van der Waals surface area contributed by atoms with E-state index in [9.17, 15) is 4.79 Å². The SMILES string of the molecule is Cn1cc(-c2ccc(Cl)cc2)nc1/C=C/c1ccc(-c2ccc(OCCCC(=O)O)cc2)cc1. The van der Waals surface area contributed by atoms with Gasteiger partial charge < -0.3 is 14.4 Å². The minimum absolute atomic E-state index is 0.114. The molecule has 34 heavy (non-hydrogen) atoms. The minimum Gasteiger partial charge on any atom is -0.494 e. The Morgan fingerprint density at radius 3 is 2.21 bits per heavy atom. The summed E-state index contributed by atoms with van der Waals surface area (Å²) in [5.74, 6) is 0.801. The van der Waals surface area contributed by atoms with Gasteiger partial charge in [0.15, 0.2) is 0 Å². The maximum atomic E-state index is 10.6. The Labute approximate surface area is 203 Å². The van der Waals surface area contributed by atoms with Crippen LogP contribution >= 0.6 is 11.6 Å². The predicted molar refractivity (Wildman–Crippen MR) is 137 cm³/mol. The molecule has 0 aliphatic rings. The molecule has 0 aliphatic carbocycles. The second kappa shape index (κ2) is 10.9. The molecule has 0 aliphatic heterocycles. The van der Waals surface area contributed by atoms with E-state index in [1.54, 1.807) is 0 Å². The summed E-state index contributed by atoms with van der Waals surface area (Å²) in [4.78, 5) is 15.3. The number of aliphatic carboxylic acids is 1. The number of carboxylic acid groups (broad SMARTS) is 1. The van der Waals surface area contributed by atoms with Crippen LogP contribution in [0, 0.1) is 0 Å². The predicted octanol–water partition coefficient (Wildman–Crippen LogP) is 6.82. The van der Waals surface area contributed by atoms with Crippen LogP contribution in [0.2, 0.25) is 5.02 Å². The fourth-order valence-electron chi connectivity index (χ4n) is 3.51. The quantitative estimate of drug-likeness (QED) is 0.271. The van der Waals surface area contributed by atoms with E-state index in [2.05, 4.69) is 24.3 Å². The van der Waals surface area contributed by atoms with E-state index >= 15 is 0 Å². The van der Waals surface area contributed by atoms with Crippen LogP contribution in [0.3, 0.4) is 0 Å². The molecular formula is C28H25ClN2O3. The van der Waals surface area contributed by atoms with E-state index in [1.807, 2.05) is 78.5 Å². The minimum atomic E-state index is -0.806. The highest BCUT2D eigenvalue weighted by Gasteiger charge is 2.06. The Hall–Kier alpha value is -3.83. The number of aryl methyl sites for hydroxylation is 1. The van der Waals surface area contributed by atoms with Crippen molar-refractivity contribution in [3.8, 4) is 28.1 Å². The number of ether oxygens (including phenoxy) is 1. The van der Waals surface area contributed by atoms with Gasteiger partial charge in [0, 0.05) is 30.3 Å². The van der Waals surface area contributed by atoms with E-state index in [0.29, 0.717) is 18.1 Å². The molecule has 0 atom stereocenters. The summed E-state index contributed by atoms with van der Waals surface area (Å²) in [6, 6.07) is 23.8. The van der Waals surface area contributed by atoms with Gasteiger partial charge in [0.2, 0.25) is 0 Å². The highest BCUT2D eigenvalue weighted by atomic mass is 35.5. The van der Waals surface area contributed by atoms with Crippen LogP contribution in [-0.2, 0) is 11.8 Å². The molecule has 5 nitrogen and oxygen atoms in total. The normalized spacial score (nSPS) is 11.1. The van der Waals surface area contributed by atoms with Crippen molar-refractivity contribution >= 4 is 29.7 Å². The lowest BCUT2D eigenvalue weighted by atomic mass is 10.0. The zero-order chi connectivity index (χ0) is 23.9. The van der Waals surface area contributed by atoms with Crippen molar-refractivity contribution in [2.75, 3.05) is 6.61 Å². The molecule has 3 aromatic carbocycles. The third kappa shape index (κ3) is 6.15. The first kappa shape index (κ1) is 23.3. The first-order valence-corrected chi connectivity index (χ1v) is 11.4. The molecule has 6 heteroatoms. The second-order valence-corrected chi connectivity index (χ2v) is 8.36. The summed E-state index contributed by atoms with van der Waals surface area (Å²) < 4.78 is 7.60. The summed E-state index contributed by atoms with van der Waals surface area (Å²) in [6.45, 7) is 0.393. The Kier molecular flexibility index (Phi) is 7.45. The van der Waals surface area contributed by atoms with E-state index < -0.39 is 5.97 Å². The number of carbonyl (C=O) groups is 1. The van der Waals surface area contributed by atoms with E-state index in [-0.39, 0.29) is 6.42 Å². The molecule has 1 heterocycles. The van der Waals surface area contributed by atoms with Crippen LogP contribution in [0.25, 0.3) is 34.5 Å². The number of aromatic nitrogens is 2. The number of halogens is 1. The zero-order valence-electron chi connectivity index (χ0n) is 18.8. The standard InChI is InChI=1S/C28H25ClN2O3/c1-31-19-26(23-9-13-24(29)14-10-23)30-27(31)17-6-20-4-7-21(8-5-20)22-11-15-25(16-12-22)34-18-2-3-28(32)33/h4-17,19H,2-3,18H2,1H3,(H,32,33)/b17-6+. The molecule has 0 saturated heterocycles. The zero-order valence-corrected chi connectivity index (χ0v) is 19.6. The fraction of sp³-hybridized carbons (Fsp3) is 0.143. The molecule has 1 aromatic heterocycles. The van der Waals surface area contributed by atoms with E-state index in [0.717, 1.165) is 39.5 Å². The molecule has 0 unspecified atom stereocenters. The Morgan fingerprint density at radius 2 is 1.56 bits per heavy atom. The Bertz CT molecular complexity index is 1270. The Morgan fingerprint density at radius 1 is 0.941 bits per heavy atom. The van der Waals surface area contributed by atoms with Crippen molar-refractivity contribution in [3.05, 3.63) is 95.4 Å². The molecule has 0 saturated carbocycles. The average molecular weight is 473 g/mol. The Balaban J connectivity index is 1.38. The summed E-state index contributed by atoms with van der Waals surface area (Å²) >= 11 is 5.98. The van der Waals surface area contributed by atoms with Gasteiger partial charge in [0.25, 0.3) is 0 Å². The first-order chi connectivity index (χ1) is 16.5. The van der Waals surface area contributed by atoms with Crippen molar-refractivity contribution in [2.24, 2.45) is 7.05 Å². The third-order valence-electron chi connectivity index (χ3n) is 5.38. The van der Waals surface area contributed by atoms with Crippen LogP contribution in [0.1, 0.15) is 24.2 Å². The monoisotopic (exact) mass is 472 g/mol. The van der Waals surface area contributed by atoms with Crippen molar-refractivity contribution in [1.82, 2.24) is 9.55 Å². The molecular weight excluding hydrogens is 448 g/mol. The molecule has 172 valence electrons. The van der Waals surface area contributed by atoms with Crippen molar-refractivity contribution in [3.63, 3.8) is 0 Å². The van der Waals surface area contributed by atoms with Gasteiger partial charge in [0.05, 0.1) is 12.3 Å². The van der Waals surface area contributed by atoms with Gasteiger partial charge in [-0.05, 0) is 53.5 Å². The van der Waals surface area contributed by atoms with Crippen molar-refractivity contribution in [1.29, 1.82) is 0 Å². The van der Waals surface area contributed by atoms with E-state index in [4.69, 9.17) is 26.4 Å². The molecule has 4 aromatic rings. The van der Waals surface area contributed by atoms with Crippen LogP contribution < -0.4 is 4.74 Å². The van der Waals surface area contributed by atoms with Gasteiger partial charge in [-0.15, -0.1) is 0 Å². The number of hydrogen-bond acceptors (Lipinski definition) is 3. The topological polar surface area (TPSA) is 64.4 Å². The number of carboxylic acids is 1. The van der Waals surface area contributed by atoms with Crippen molar-refractivity contribution in [2.45, 2.75) is 12.8 Å². The average Bonchev–Trinajstić information content (AvgIpc) is 3.22. The van der Waals surface area contributed by atoms with Gasteiger partial charge in [-0.25, -0.2) is 4.98 Å². The fourth-order valence-corrected chi connectivity index (χ4v) is 3.64. The summed E-state index contributed by atoms with van der Waals surface area (Å²) in [6.07, 6.45) is 6.66. The maximum absolute atomic E-state index is 10.6. The van der Waals surface area contributed by atoms with Gasteiger partial charge >= 0.3 is 5.97 Å². The molecule has 0 spiro atoms. The van der Waals surface area contributed by atoms with Crippen LogP contribution in [-0.4, -0.2) is 27.2 Å².